The molecule has 4 heteroatoms. The summed E-state index contributed by atoms with van der Waals surface area (Å²) in [6, 6.07) is 31.2. The van der Waals surface area contributed by atoms with E-state index in [2.05, 4.69) is 12.1 Å². The third-order valence-corrected chi connectivity index (χ3v) is 5.52. The predicted octanol–water partition coefficient (Wildman–Crippen LogP) is 6.56. The molecule has 1 aliphatic rings. The highest BCUT2D eigenvalue weighted by molar-refractivity contribution is 6.14. The van der Waals surface area contributed by atoms with Gasteiger partial charge in [-0.3, -0.25) is 4.79 Å². The monoisotopic (exact) mass is 434 g/mol. The third kappa shape index (κ3) is 4.51. The Hall–Kier alpha value is -4.31. The summed E-state index contributed by atoms with van der Waals surface area (Å²) >= 11 is 0. The number of carbonyl (C=O) groups is 1. The van der Waals surface area contributed by atoms with Crippen molar-refractivity contribution in [3.8, 4) is 28.4 Å². The van der Waals surface area contributed by atoms with E-state index >= 15 is 0 Å². The molecule has 4 nitrogen and oxygen atoms in total. The number of ether oxygens (including phenoxy) is 3. The molecular formula is C29H22O4. The molecule has 33 heavy (non-hydrogen) atoms. The van der Waals surface area contributed by atoms with Gasteiger partial charge < -0.3 is 14.2 Å². The largest absolute Gasteiger partial charge is 0.497 e. The number of carbonyl (C=O) groups excluding carboxylic acids is 1. The Balaban J connectivity index is 1.28. The van der Waals surface area contributed by atoms with Gasteiger partial charge >= 0.3 is 0 Å². The van der Waals surface area contributed by atoms with Crippen LogP contribution in [0.1, 0.15) is 21.5 Å². The Morgan fingerprint density at radius 3 is 2.21 bits per heavy atom. The molecule has 1 heterocycles. The molecule has 4 aromatic carbocycles. The molecule has 4 aromatic rings. The van der Waals surface area contributed by atoms with Crippen molar-refractivity contribution in [2.75, 3.05) is 7.11 Å². The molecule has 0 fully saturated rings. The molecule has 5 rings (SSSR count). The van der Waals surface area contributed by atoms with Crippen LogP contribution in [-0.2, 0) is 6.61 Å². The Labute approximate surface area is 192 Å². The van der Waals surface area contributed by atoms with Crippen molar-refractivity contribution in [3.63, 3.8) is 0 Å². The number of rotatable bonds is 6. The second-order valence-corrected chi connectivity index (χ2v) is 7.72. The quantitative estimate of drug-likeness (QED) is 0.323. The van der Waals surface area contributed by atoms with Crippen LogP contribution in [0, 0.1) is 0 Å². The van der Waals surface area contributed by atoms with Gasteiger partial charge in [0.1, 0.15) is 23.9 Å². The van der Waals surface area contributed by atoms with Gasteiger partial charge in [-0.1, -0.05) is 66.7 Å². The zero-order valence-corrected chi connectivity index (χ0v) is 18.2. The lowest BCUT2D eigenvalue weighted by Crippen LogP contribution is -1.98. The lowest BCUT2D eigenvalue weighted by Gasteiger charge is -2.08. The van der Waals surface area contributed by atoms with E-state index in [-0.39, 0.29) is 5.78 Å². The number of hydrogen-bond donors (Lipinski definition) is 0. The standard InChI is InChI=1S/C29H22O4/c1-31-24-13-9-21(10-14-24)19-32-25-15-16-26-27(18-25)33-28(29(26)30)17-20-7-11-23(12-8-20)22-5-3-2-4-6-22/h2-18H,19H2,1H3. The van der Waals surface area contributed by atoms with E-state index in [0.717, 1.165) is 28.0 Å². The number of ketones is 1. The maximum Gasteiger partial charge on any atom is 0.231 e. The maximum atomic E-state index is 12.8. The highest BCUT2D eigenvalue weighted by Crippen LogP contribution is 2.35. The molecule has 0 saturated carbocycles. The van der Waals surface area contributed by atoms with E-state index in [1.165, 1.54) is 0 Å². The number of Topliss-reactive ketones (excluding diaryl/α,β-unsaturated/α-hetero) is 1. The molecule has 0 atom stereocenters. The minimum Gasteiger partial charge on any atom is -0.497 e. The van der Waals surface area contributed by atoms with Crippen LogP contribution in [0.5, 0.6) is 17.2 Å². The van der Waals surface area contributed by atoms with Gasteiger partial charge in [0.15, 0.2) is 5.76 Å². The highest BCUT2D eigenvalue weighted by atomic mass is 16.5. The minimum atomic E-state index is -0.126. The molecule has 0 saturated heterocycles. The summed E-state index contributed by atoms with van der Waals surface area (Å²) in [7, 11) is 1.64. The van der Waals surface area contributed by atoms with Gasteiger partial charge in [-0.05, 0) is 52.6 Å². The van der Waals surface area contributed by atoms with Crippen LogP contribution in [0.3, 0.4) is 0 Å². The van der Waals surface area contributed by atoms with Crippen LogP contribution in [0.25, 0.3) is 17.2 Å². The average Bonchev–Trinajstić information content (AvgIpc) is 3.18. The molecule has 0 aromatic heterocycles. The van der Waals surface area contributed by atoms with Crippen molar-refractivity contribution in [2.45, 2.75) is 6.61 Å². The number of fused-ring (bicyclic) bond motifs is 1. The summed E-state index contributed by atoms with van der Waals surface area (Å²) in [6.07, 6.45) is 1.77. The average molecular weight is 434 g/mol. The summed E-state index contributed by atoms with van der Waals surface area (Å²) in [6.45, 7) is 0.410. The molecule has 0 amide bonds. The van der Waals surface area contributed by atoms with E-state index in [0.29, 0.717) is 29.4 Å². The SMILES string of the molecule is COc1ccc(COc2ccc3c(c2)OC(=Cc2ccc(-c4ccccc4)cc2)C3=O)cc1. The molecule has 0 spiro atoms. The van der Waals surface area contributed by atoms with Gasteiger partial charge in [0, 0.05) is 6.07 Å². The molecule has 1 aliphatic heterocycles. The summed E-state index contributed by atoms with van der Waals surface area (Å²) in [5, 5.41) is 0. The normalized spacial score (nSPS) is 13.5. The van der Waals surface area contributed by atoms with E-state index in [4.69, 9.17) is 14.2 Å². The van der Waals surface area contributed by atoms with Crippen LogP contribution in [0.2, 0.25) is 0 Å². The molecule has 0 aliphatic carbocycles. The van der Waals surface area contributed by atoms with Crippen molar-refractivity contribution in [1.29, 1.82) is 0 Å². The lowest BCUT2D eigenvalue weighted by atomic mass is 10.0. The summed E-state index contributed by atoms with van der Waals surface area (Å²) in [4.78, 5) is 12.8. The number of hydrogen-bond acceptors (Lipinski definition) is 4. The van der Waals surface area contributed by atoms with Crippen molar-refractivity contribution >= 4 is 11.9 Å². The Morgan fingerprint density at radius 1 is 0.788 bits per heavy atom. The van der Waals surface area contributed by atoms with Gasteiger partial charge in [0.2, 0.25) is 5.78 Å². The molecular weight excluding hydrogens is 412 g/mol. The smallest absolute Gasteiger partial charge is 0.231 e. The minimum absolute atomic E-state index is 0.126. The Bertz CT molecular complexity index is 1300. The molecule has 0 N–H and O–H groups in total. The topological polar surface area (TPSA) is 44.8 Å². The van der Waals surface area contributed by atoms with Crippen LogP contribution >= 0.6 is 0 Å². The molecule has 162 valence electrons. The Kier molecular flexibility index (Phi) is 5.64. The first kappa shape index (κ1) is 20.6. The van der Waals surface area contributed by atoms with Crippen molar-refractivity contribution in [1.82, 2.24) is 0 Å². The summed E-state index contributed by atoms with van der Waals surface area (Å²) in [5.74, 6) is 2.14. The van der Waals surface area contributed by atoms with Crippen LogP contribution in [0.4, 0.5) is 0 Å². The van der Waals surface area contributed by atoms with Gasteiger partial charge in [-0.25, -0.2) is 0 Å². The highest BCUT2D eigenvalue weighted by Gasteiger charge is 2.27. The maximum absolute atomic E-state index is 12.8. The zero-order valence-electron chi connectivity index (χ0n) is 18.2. The van der Waals surface area contributed by atoms with Gasteiger partial charge in [0.25, 0.3) is 0 Å². The van der Waals surface area contributed by atoms with Crippen LogP contribution in [0.15, 0.2) is 103 Å². The first-order valence-corrected chi connectivity index (χ1v) is 10.7. The second kappa shape index (κ2) is 9.05. The fourth-order valence-corrected chi connectivity index (χ4v) is 3.70. The summed E-state index contributed by atoms with van der Waals surface area (Å²) in [5.41, 5.74) is 4.74. The lowest BCUT2D eigenvalue weighted by molar-refractivity contribution is 0.101. The van der Waals surface area contributed by atoms with Gasteiger partial charge in [-0.2, -0.15) is 0 Å². The number of benzene rings is 4. The predicted molar refractivity (Wildman–Crippen MR) is 129 cm³/mol. The van der Waals surface area contributed by atoms with E-state index in [1.807, 2.05) is 66.7 Å². The first-order valence-electron chi connectivity index (χ1n) is 10.7. The third-order valence-electron chi connectivity index (χ3n) is 5.52. The van der Waals surface area contributed by atoms with E-state index in [9.17, 15) is 4.79 Å². The van der Waals surface area contributed by atoms with Crippen molar-refractivity contribution < 1.29 is 19.0 Å². The Morgan fingerprint density at radius 2 is 1.48 bits per heavy atom. The summed E-state index contributed by atoms with van der Waals surface area (Å²) < 4.78 is 16.9. The first-order chi connectivity index (χ1) is 16.2. The molecule has 0 bridgehead atoms. The molecule has 0 radical (unpaired) electrons. The van der Waals surface area contributed by atoms with Crippen molar-refractivity contribution in [2.24, 2.45) is 0 Å². The van der Waals surface area contributed by atoms with E-state index < -0.39 is 0 Å². The molecule has 0 unspecified atom stereocenters. The number of allylic oxidation sites excluding steroid dienone is 1. The van der Waals surface area contributed by atoms with Crippen LogP contribution < -0.4 is 14.2 Å². The zero-order chi connectivity index (χ0) is 22.6. The van der Waals surface area contributed by atoms with Crippen molar-refractivity contribution in [3.05, 3.63) is 120 Å². The second-order valence-electron chi connectivity index (χ2n) is 7.72. The van der Waals surface area contributed by atoms with Gasteiger partial charge in [-0.15, -0.1) is 0 Å². The fourth-order valence-electron chi connectivity index (χ4n) is 3.70. The fraction of sp³-hybridized carbons (Fsp3) is 0.0690. The van der Waals surface area contributed by atoms with Gasteiger partial charge in [0.05, 0.1) is 12.7 Å². The number of methoxy groups -OCH3 is 1. The van der Waals surface area contributed by atoms with Crippen LogP contribution in [-0.4, -0.2) is 12.9 Å². The van der Waals surface area contributed by atoms with E-state index in [1.54, 1.807) is 31.4 Å².